The molecule has 1 aliphatic rings. The second-order valence-electron chi connectivity index (χ2n) is 4.66. The smallest absolute Gasteiger partial charge is 0.410 e. The van der Waals surface area contributed by atoms with Crippen molar-refractivity contribution in [3.63, 3.8) is 0 Å². The van der Waals surface area contributed by atoms with Gasteiger partial charge in [-0.1, -0.05) is 0 Å². The Bertz CT molecular complexity index is 308. The molecule has 16 heavy (non-hydrogen) atoms. The molecule has 0 aromatic carbocycles. The van der Waals surface area contributed by atoms with Crippen LogP contribution in [-0.2, 0) is 14.3 Å². The van der Waals surface area contributed by atoms with Crippen LogP contribution in [0.5, 0.6) is 0 Å². The quantitative estimate of drug-likeness (QED) is 0.671. The SMILES string of the molecule is CC(C)(C)OC(=O)N1CC(=O)C(NC=O)C1. The highest BCUT2D eigenvalue weighted by Crippen LogP contribution is 2.13. The Kier molecular flexibility index (Phi) is 3.51. The van der Waals surface area contributed by atoms with Gasteiger partial charge in [-0.2, -0.15) is 0 Å². The third-order valence-corrected chi connectivity index (χ3v) is 2.06. The molecule has 6 heteroatoms. The van der Waals surface area contributed by atoms with E-state index < -0.39 is 17.7 Å². The molecule has 1 atom stereocenters. The normalized spacial score (nSPS) is 20.8. The maximum absolute atomic E-state index is 11.6. The van der Waals surface area contributed by atoms with E-state index >= 15 is 0 Å². The molecule has 90 valence electrons. The predicted molar refractivity (Wildman–Crippen MR) is 55.8 cm³/mol. The lowest BCUT2D eigenvalue weighted by molar-refractivity contribution is -0.120. The van der Waals surface area contributed by atoms with Crippen molar-refractivity contribution in [3.05, 3.63) is 0 Å². The summed E-state index contributed by atoms with van der Waals surface area (Å²) in [7, 11) is 0. The summed E-state index contributed by atoms with van der Waals surface area (Å²) < 4.78 is 5.12. The first kappa shape index (κ1) is 12.5. The van der Waals surface area contributed by atoms with Crippen LogP contribution in [0.4, 0.5) is 4.79 Å². The number of carbonyl (C=O) groups is 3. The largest absolute Gasteiger partial charge is 0.444 e. The van der Waals surface area contributed by atoms with Crippen molar-refractivity contribution < 1.29 is 19.1 Å². The van der Waals surface area contributed by atoms with Gasteiger partial charge in [-0.15, -0.1) is 0 Å². The molecule has 1 aliphatic heterocycles. The fourth-order valence-electron chi connectivity index (χ4n) is 1.38. The standard InChI is InChI=1S/C10H16N2O4/c1-10(2,3)16-9(15)12-4-7(11-6-13)8(14)5-12/h6-7H,4-5H2,1-3H3,(H,11,13). The van der Waals surface area contributed by atoms with Crippen LogP contribution in [0.2, 0.25) is 0 Å². The zero-order chi connectivity index (χ0) is 12.3. The van der Waals surface area contributed by atoms with Gasteiger partial charge < -0.3 is 10.1 Å². The van der Waals surface area contributed by atoms with Gasteiger partial charge in [0.05, 0.1) is 13.1 Å². The van der Waals surface area contributed by atoms with Crippen LogP contribution >= 0.6 is 0 Å². The number of Topliss-reactive ketones (excluding diaryl/α,β-unsaturated/α-hetero) is 1. The first-order chi connectivity index (χ1) is 7.33. The Morgan fingerprint density at radius 1 is 1.56 bits per heavy atom. The number of nitrogens with one attached hydrogen (secondary N) is 1. The maximum atomic E-state index is 11.6. The molecule has 1 fully saturated rings. The molecule has 1 unspecified atom stereocenters. The van der Waals surface area contributed by atoms with Gasteiger partial charge in [-0.05, 0) is 20.8 Å². The number of likely N-dealkylation sites (tertiary alicyclic amines) is 1. The number of hydrogen-bond acceptors (Lipinski definition) is 4. The van der Waals surface area contributed by atoms with Crippen LogP contribution < -0.4 is 5.32 Å². The van der Waals surface area contributed by atoms with Gasteiger partial charge in [0, 0.05) is 0 Å². The number of amides is 2. The van der Waals surface area contributed by atoms with Crippen molar-refractivity contribution in [1.29, 1.82) is 0 Å². The third kappa shape index (κ3) is 3.22. The Hall–Kier alpha value is -1.59. The second kappa shape index (κ2) is 4.51. The average Bonchev–Trinajstić information content (AvgIpc) is 2.46. The van der Waals surface area contributed by atoms with E-state index in [9.17, 15) is 14.4 Å². The Labute approximate surface area is 93.9 Å². The summed E-state index contributed by atoms with van der Waals surface area (Å²) in [5.41, 5.74) is -0.587. The van der Waals surface area contributed by atoms with Crippen molar-refractivity contribution in [2.24, 2.45) is 0 Å². The Morgan fingerprint density at radius 2 is 2.19 bits per heavy atom. The van der Waals surface area contributed by atoms with E-state index in [2.05, 4.69) is 5.32 Å². The fraction of sp³-hybridized carbons (Fsp3) is 0.700. The van der Waals surface area contributed by atoms with Crippen molar-refractivity contribution in [2.45, 2.75) is 32.4 Å². The van der Waals surface area contributed by atoms with Gasteiger partial charge in [0.15, 0.2) is 5.78 Å². The minimum absolute atomic E-state index is 0.0135. The number of ketones is 1. The van der Waals surface area contributed by atoms with Crippen LogP contribution in [0.1, 0.15) is 20.8 Å². The molecule has 0 radical (unpaired) electrons. The molecule has 1 heterocycles. The first-order valence-corrected chi connectivity index (χ1v) is 5.04. The molecule has 0 spiro atoms. The third-order valence-electron chi connectivity index (χ3n) is 2.06. The van der Waals surface area contributed by atoms with Gasteiger partial charge in [0.2, 0.25) is 6.41 Å². The molecule has 0 saturated carbocycles. The average molecular weight is 228 g/mol. The molecule has 0 aromatic rings. The Balaban J connectivity index is 2.55. The van der Waals surface area contributed by atoms with Gasteiger partial charge in [-0.3, -0.25) is 14.5 Å². The number of carbonyl (C=O) groups excluding carboxylic acids is 3. The fourth-order valence-corrected chi connectivity index (χ4v) is 1.38. The molecular formula is C10H16N2O4. The lowest BCUT2D eigenvalue weighted by atomic mass is 10.2. The number of ether oxygens (including phenoxy) is 1. The summed E-state index contributed by atoms with van der Waals surface area (Å²) in [6.07, 6.45) is -0.0720. The number of rotatable bonds is 2. The lowest BCUT2D eigenvalue weighted by Crippen LogP contribution is -2.38. The maximum Gasteiger partial charge on any atom is 0.410 e. The minimum atomic E-state index is -0.606. The van der Waals surface area contributed by atoms with Crippen LogP contribution in [0.15, 0.2) is 0 Å². The van der Waals surface area contributed by atoms with Gasteiger partial charge in [-0.25, -0.2) is 4.79 Å². The summed E-state index contributed by atoms with van der Waals surface area (Å²) in [5.74, 6) is -0.182. The van der Waals surface area contributed by atoms with Crippen LogP contribution in [0.25, 0.3) is 0 Å². The topological polar surface area (TPSA) is 75.7 Å². The summed E-state index contributed by atoms with van der Waals surface area (Å²) in [6.45, 7) is 5.42. The van der Waals surface area contributed by atoms with E-state index in [1.54, 1.807) is 20.8 Å². The highest BCUT2D eigenvalue weighted by Gasteiger charge is 2.35. The second-order valence-corrected chi connectivity index (χ2v) is 4.66. The summed E-state index contributed by atoms with van der Waals surface area (Å²) >= 11 is 0. The van der Waals surface area contributed by atoms with Gasteiger partial charge >= 0.3 is 6.09 Å². The number of hydrogen-bond donors (Lipinski definition) is 1. The van der Waals surface area contributed by atoms with E-state index in [0.717, 1.165) is 0 Å². The summed E-state index contributed by atoms with van der Waals surface area (Å²) in [6, 6.07) is -0.606. The highest BCUT2D eigenvalue weighted by atomic mass is 16.6. The first-order valence-electron chi connectivity index (χ1n) is 5.04. The summed E-state index contributed by atoms with van der Waals surface area (Å²) in [5, 5.41) is 2.36. The molecule has 6 nitrogen and oxygen atoms in total. The lowest BCUT2D eigenvalue weighted by Gasteiger charge is -2.23. The van der Waals surface area contributed by atoms with E-state index in [0.29, 0.717) is 6.41 Å². The van der Waals surface area contributed by atoms with Crippen LogP contribution in [0, 0.1) is 0 Å². The van der Waals surface area contributed by atoms with Crippen molar-refractivity contribution in [1.82, 2.24) is 10.2 Å². The molecule has 2 amide bonds. The molecule has 1 saturated heterocycles. The Morgan fingerprint density at radius 3 is 2.69 bits per heavy atom. The van der Waals surface area contributed by atoms with Crippen molar-refractivity contribution >= 4 is 18.3 Å². The molecule has 1 rings (SSSR count). The minimum Gasteiger partial charge on any atom is -0.444 e. The highest BCUT2D eigenvalue weighted by molar-refractivity contribution is 5.93. The van der Waals surface area contributed by atoms with E-state index in [1.165, 1.54) is 4.90 Å². The van der Waals surface area contributed by atoms with E-state index in [1.807, 2.05) is 0 Å². The van der Waals surface area contributed by atoms with Crippen LogP contribution in [0.3, 0.4) is 0 Å². The molecule has 1 N–H and O–H groups in total. The van der Waals surface area contributed by atoms with Gasteiger partial charge in [0.25, 0.3) is 0 Å². The zero-order valence-electron chi connectivity index (χ0n) is 9.65. The predicted octanol–water partition coefficient (Wildman–Crippen LogP) is -0.0792. The van der Waals surface area contributed by atoms with Crippen LogP contribution in [-0.4, -0.2) is 47.9 Å². The van der Waals surface area contributed by atoms with Crippen molar-refractivity contribution in [2.75, 3.05) is 13.1 Å². The van der Waals surface area contributed by atoms with Crippen molar-refractivity contribution in [3.8, 4) is 0 Å². The zero-order valence-corrected chi connectivity index (χ0v) is 9.65. The molecular weight excluding hydrogens is 212 g/mol. The molecule has 0 bridgehead atoms. The summed E-state index contributed by atoms with van der Waals surface area (Å²) in [4.78, 5) is 34.5. The van der Waals surface area contributed by atoms with E-state index in [-0.39, 0.29) is 18.9 Å². The molecule has 0 aliphatic carbocycles. The van der Waals surface area contributed by atoms with Gasteiger partial charge in [0.1, 0.15) is 11.6 Å². The van der Waals surface area contributed by atoms with E-state index in [4.69, 9.17) is 4.74 Å². The molecule has 0 aromatic heterocycles. The monoisotopic (exact) mass is 228 g/mol. The number of nitrogens with zero attached hydrogens (tertiary/aromatic N) is 1.